The second kappa shape index (κ2) is 10.7. The van der Waals surface area contributed by atoms with Crippen molar-refractivity contribution in [2.24, 2.45) is 0 Å². The summed E-state index contributed by atoms with van der Waals surface area (Å²) in [6.07, 6.45) is 3.11. The zero-order valence-corrected chi connectivity index (χ0v) is 25.9. The fraction of sp³-hybridized carbons (Fsp3) is 0.815. The molecule has 38 heavy (non-hydrogen) atoms. The van der Waals surface area contributed by atoms with Crippen molar-refractivity contribution in [2.75, 3.05) is 26.3 Å². The van der Waals surface area contributed by atoms with E-state index in [2.05, 4.69) is 46.6 Å². The smallest absolute Gasteiger partial charge is 0.359 e. The van der Waals surface area contributed by atoms with E-state index in [-0.39, 0.29) is 30.0 Å². The molecule has 1 aliphatic heterocycles. The van der Waals surface area contributed by atoms with Gasteiger partial charge < -0.3 is 14.1 Å². The van der Waals surface area contributed by atoms with Crippen molar-refractivity contribution in [1.82, 2.24) is 14.7 Å². The number of hydrogen-bond donors (Lipinski definition) is 0. The highest BCUT2D eigenvalue weighted by Gasteiger charge is 2.60. The second-order valence-corrected chi connectivity index (χ2v) is 20.3. The number of ether oxygens (including phenoxy) is 1. The Labute approximate surface area is 228 Å². The van der Waals surface area contributed by atoms with Gasteiger partial charge in [-0.3, -0.25) is 9.48 Å². The first-order valence-corrected chi connectivity index (χ1v) is 17.9. The predicted molar refractivity (Wildman–Crippen MR) is 149 cm³/mol. The van der Waals surface area contributed by atoms with E-state index in [4.69, 9.17) is 9.16 Å². The molecule has 214 valence electrons. The SMILES string of the molecule is CCOC(=O)c1nn(CCO[Si](C(C)C)(C(C)C)C(C)C)c2c1CCN(CC1(S(=O)(=O)C3CC3)CC1)C2=O. The molecule has 4 rings (SSSR count). The van der Waals surface area contributed by atoms with E-state index in [1.807, 2.05) is 0 Å². The van der Waals surface area contributed by atoms with Gasteiger partial charge in [0.2, 0.25) is 0 Å². The van der Waals surface area contributed by atoms with Gasteiger partial charge in [0.1, 0.15) is 5.69 Å². The summed E-state index contributed by atoms with van der Waals surface area (Å²) in [5.74, 6) is -0.790. The van der Waals surface area contributed by atoms with Crippen molar-refractivity contribution in [3.8, 4) is 0 Å². The Morgan fingerprint density at radius 2 is 1.71 bits per heavy atom. The third-order valence-electron chi connectivity index (χ3n) is 8.86. The molecule has 0 radical (unpaired) electrons. The highest BCUT2D eigenvalue weighted by molar-refractivity contribution is 7.94. The number of sulfone groups is 1. The van der Waals surface area contributed by atoms with Crippen LogP contribution in [0.1, 0.15) is 101 Å². The van der Waals surface area contributed by atoms with Crippen LogP contribution >= 0.6 is 0 Å². The zero-order valence-electron chi connectivity index (χ0n) is 24.1. The maximum Gasteiger partial charge on any atom is 0.359 e. The Morgan fingerprint density at radius 3 is 2.21 bits per heavy atom. The van der Waals surface area contributed by atoms with Gasteiger partial charge in [0.15, 0.2) is 23.8 Å². The van der Waals surface area contributed by atoms with Crippen molar-refractivity contribution in [2.45, 2.75) is 114 Å². The predicted octanol–water partition coefficient (Wildman–Crippen LogP) is 4.36. The molecule has 0 N–H and O–H groups in total. The fourth-order valence-electron chi connectivity index (χ4n) is 6.71. The van der Waals surface area contributed by atoms with Gasteiger partial charge in [0, 0.05) is 18.7 Å². The molecule has 3 aliphatic rings. The topological polar surface area (TPSA) is 108 Å². The molecule has 2 fully saturated rings. The molecule has 1 aromatic heterocycles. The number of carbonyl (C=O) groups excluding carboxylic acids is 2. The Morgan fingerprint density at radius 1 is 1.11 bits per heavy atom. The lowest BCUT2D eigenvalue weighted by Gasteiger charge is -2.42. The average Bonchev–Trinajstić information content (AvgIpc) is 3.75. The first-order valence-electron chi connectivity index (χ1n) is 14.3. The Kier molecular flexibility index (Phi) is 8.23. The van der Waals surface area contributed by atoms with Gasteiger partial charge in [-0.1, -0.05) is 41.5 Å². The largest absolute Gasteiger partial charge is 0.461 e. The van der Waals surface area contributed by atoms with E-state index >= 15 is 0 Å². The number of hydrogen-bond acceptors (Lipinski definition) is 7. The molecular weight excluding hydrogens is 522 g/mol. The summed E-state index contributed by atoms with van der Waals surface area (Å²) in [5, 5.41) is 4.32. The van der Waals surface area contributed by atoms with Crippen molar-refractivity contribution in [3.05, 3.63) is 17.0 Å². The minimum absolute atomic E-state index is 0.182. The van der Waals surface area contributed by atoms with Gasteiger partial charge in [-0.05, 0) is 55.7 Å². The van der Waals surface area contributed by atoms with E-state index in [0.29, 0.717) is 66.8 Å². The van der Waals surface area contributed by atoms with E-state index in [9.17, 15) is 18.0 Å². The molecule has 0 bridgehead atoms. The molecule has 1 aromatic rings. The standard InChI is InChI=1S/C27H45N3O6SSi/c1-8-35-26(32)23-22-11-14-29(17-27(12-13-27)37(33,34)21-9-10-21)25(31)24(22)30(28-23)15-16-36-38(18(2)3,19(4)5)20(6)7/h18-21H,8-17H2,1-7H3. The zero-order chi connectivity index (χ0) is 28.0. The van der Waals surface area contributed by atoms with Crippen molar-refractivity contribution in [1.29, 1.82) is 0 Å². The Hall–Kier alpha value is -1.72. The van der Waals surface area contributed by atoms with Crippen LogP contribution in [0.4, 0.5) is 0 Å². The number of nitrogens with zero attached hydrogens (tertiary/aromatic N) is 3. The van der Waals surface area contributed by atoms with E-state index in [0.717, 1.165) is 12.8 Å². The third-order valence-corrected chi connectivity index (χ3v) is 18.1. The average molecular weight is 568 g/mol. The van der Waals surface area contributed by atoms with Crippen LogP contribution in [-0.4, -0.2) is 79.6 Å². The lowest BCUT2D eigenvalue weighted by molar-refractivity contribution is 0.0516. The summed E-state index contributed by atoms with van der Waals surface area (Å²) < 4.78 is 39.0. The van der Waals surface area contributed by atoms with Crippen LogP contribution < -0.4 is 0 Å². The number of aromatic nitrogens is 2. The van der Waals surface area contributed by atoms with E-state index in [1.54, 1.807) is 16.5 Å². The molecule has 2 heterocycles. The number of fused-ring (bicyclic) bond motifs is 1. The normalized spacial score (nSPS) is 19.4. The first-order chi connectivity index (χ1) is 17.8. The molecule has 2 aliphatic carbocycles. The van der Waals surface area contributed by atoms with Gasteiger partial charge in [-0.15, -0.1) is 0 Å². The minimum Gasteiger partial charge on any atom is -0.461 e. The van der Waals surface area contributed by atoms with Crippen molar-refractivity contribution < 1.29 is 27.2 Å². The number of rotatable bonds is 13. The van der Waals surface area contributed by atoms with Crippen molar-refractivity contribution >= 4 is 30.0 Å². The summed E-state index contributed by atoms with van der Waals surface area (Å²) in [4.78, 5) is 28.2. The first kappa shape index (κ1) is 29.3. The highest BCUT2D eigenvalue weighted by atomic mass is 32.2. The number of carbonyl (C=O) groups is 2. The summed E-state index contributed by atoms with van der Waals surface area (Å²) >= 11 is 0. The second-order valence-electron chi connectivity index (χ2n) is 12.2. The summed E-state index contributed by atoms with van der Waals surface area (Å²) in [6, 6.07) is 0. The molecule has 0 spiro atoms. The minimum atomic E-state index is -3.24. The lowest BCUT2D eigenvalue weighted by atomic mass is 10.0. The summed E-state index contributed by atoms with van der Waals surface area (Å²) in [7, 11) is -5.36. The lowest BCUT2D eigenvalue weighted by Crippen LogP contribution is -2.48. The van der Waals surface area contributed by atoms with Crippen LogP contribution in [0, 0.1) is 0 Å². The molecule has 0 unspecified atom stereocenters. The maximum absolute atomic E-state index is 13.8. The Bertz CT molecular complexity index is 1150. The molecule has 9 nitrogen and oxygen atoms in total. The van der Waals surface area contributed by atoms with Gasteiger partial charge in [0.25, 0.3) is 5.91 Å². The number of esters is 1. The Balaban J connectivity index is 1.60. The molecule has 0 aromatic carbocycles. The molecular formula is C27H45N3O6SSi. The molecule has 2 saturated carbocycles. The van der Waals surface area contributed by atoms with E-state index < -0.39 is 28.9 Å². The summed E-state index contributed by atoms with van der Waals surface area (Å²) in [6.45, 7) is 16.6. The highest BCUT2D eigenvalue weighted by Crippen LogP contribution is 2.51. The van der Waals surface area contributed by atoms with Crippen LogP contribution in [0.3, 0.4) is 0 Å². The van der Waals surface area contributed by atoms with Gasteiger partial charge in [-0.25, -0.2) is 13.2 Å². The quantitative estimate of drug-likeness (QED) is 0.257. The van der Waals surface area contributed by atoms with E-state index in [1.165, 1.54) is 0 Å². The third kappa shape index (κ3) is 4.98. The molecule has 0 atom stereocenters. The van der Waals surface area contributed by atoms with Gasteiger partial charge in [0.05, 0.1) is 29.8 Å². The molecule has 11 heteroatoms. The summed E-state index contributed by atoms with van der Waals surface area (Å²) in [5.41, 5.74) is 2.41. The van der Waals surface area contributed by atoms with Gasteiger partial charge in [-0.2, -0.15) is 5.10 Å². The maximum atomic E-state index is 13.8. The molecule has 0 saturated heterocycles. The van der Waals surface area contributed by atoms with Crippen LogP contribution in [0.2, 0.25) is 16.6 Å². The monoisotopic (exact) mass is 567 g/mol. The van der Waals surface area contributed by atoms with Crippen LogP contribution in [0.25, 0.3) is 0 Å². The van der Waals surface area contributed by atoms with Crippen LogP contribution in [0.5, 0.6) is 0 Å². The number of amides is 1. The van der Waals surface area contributed by atoms with Gasteiger partial charge >= 0.3 is 5.97 Å². The van der Waals surface area contributed by atoms with Crippen molar-refractivity contribution in [3.63, 3.8) is 0 Å². The fourth-order valence-corrected chi connectivity index (χ4v) is 14.6. The van der Waals surface area contributed by atoms with Crippen LogP contribution in [-0.2, 0) is 32.0 Å². The molecule has 1 amide bonds. The van der Waals surface area contributed by atoms with Crippen LogP contribution in [0.15, 0.2) is 0 Å².